The van der Waals surface area contributed by atoms with Gasteiger partial charge in [-0.2, -0.15) is 4.31 Å². The average molecular weight is 713 g/mol. The number of aromatic nitrogens is 2. The van der Waals surface area contributed by atoms with E-state index in [-0.39, 0.29) is 47.9 Å². The number of sulfonamides is 1. The number of fused-ring (bicyclic) bond motifs is 1. The summed E-state index contributed by atoms with van der Waals surface area (Å²) in [5, 5.41) is 17.6. The Balaban J connectivity index is 1.38. The third kappa shape index (κ3) is 8.58. The number of hydrogen-bond acceptors (Lipinski definition) is 9. The van der Waals surface area contributed by atoms with Crippen LogP contribution in [-0.2, 0) is 27.8 Å². The maximum absolute atomic E-state index is 14.1. The Morgan fingerprint density at radius 3 is 2.49 bits per heavy atom. The Morgan fingerprint density at radius 2 is 1.84 bits per heavy atom. The van der Waals surface area contributed by atoms with Crippen LogP contribution in [0.4, 0.5) is 4.79 Å². The van der Waals surface area contributed by atoms with Crippen LogP contribution < -0.4 is 11.1 Å². The Kier molecular flexibility index (Phi) is 11.3. The Hall–Kier alpha value is -4.05. The molecule has 1 fully saturated rings. The molecule has 49 heavy (non-hydrogen) atoms. The number of hydrogen-bond donors (Lipinski definition) is 3. The Morgan fingerprint density at radius 1 is 1.10 bits per heavy atom. The molecule has 0 bridgehead atoms. The smallest absolute Gasteiger partial charge is 0.408 e. The maximum Gasteiger partial charge on any atom is 0.417 e. The number of aliphatic hydroxyl groups is 1. The van der Waals surface area contributed by atoms with E-state index < -0.39 is 39.9 Å². The first-order valence-electron chi connectivity index (χ1n) is 16.3. The number of aliphatic hydroxyl groups excluding tert-OH is 1. The summed E-state index contributed by atoms with van der Waals surface area (Å²) in [6.45, 7) is 10.3. The van der Waals surface area contributed by atoms with Gasteiger partial charge in [0, 0.05) is 37.6 Å². The van der Waals surface area contributed by atoms with Crippen molar-refractivity contribution >= 4 is 44.4 Å². The molecule has 0 spiro atoms. The SMILES string of the molecule is Cc1nc(CN2CCN([C@H](C(=O)N[C@@H](Cc3ccccc3)[C@@H](O)CN(CC(C)C)S(=O)(=O)c3ccc4[nH]c(=O)oc4c3)C(C)C)C2=O)cs1. The highest BCUT2D eigenvalue weighted by atomic mass is 32.2. The monoisotopic (exact) mass is 712 g/mol. The van der Waals surface area contributed by atoms with Gasteiger partial charge in [0.25, 0.3) is 0 Å². The van der Waals surface area contributed by atoms with Crippen molar-refractivity contribution in [2.24, 2.45) is 11.8 Å². The van der Waals surface area contributed by atoms with Crippen molar-refractivity contribution in [2.45, 2.75) is 70.7 Å². The number of amides is 3. The number of aromatic amines is 1. The fourth-order valence-corrected chi connectivity index (χ4v) is 8.40. The summed E-state index contributed by atoms with van der Waals surface area (Å²) in [6, 6.07) is 11.5. The normalized spacial score (nSPS) is 15.9. The topological polar surface area (TPSA) is 169 Å². The van der Waals surface area contributed by atoms with Crippen LogP contribution in [0.2, 0.25) is 0 Å². The second-order valence-electron chi connectivity index (χ2n) is 13.2. The lowest BCUT2D eigenvalue weighted by atomic mass is 9.97. The molecular formula is C34H44N6O7S2. The molecule has 3 atom stereocenters. The first-order valence-corrected chi connectivity index (χ1v) is 18.7. The highest BCUT2D eigenvalue weighted by Crippen LogP contribution is 2.24. The standard InChI is InChI=1S/C34H44N6O7S2/c1-21(2)17-39(49(45,46)26-11-12-27-30(16-26)47-33(43)37-27)19-29(41)28(15-24-9-7-6-8-10-24)36-32(42)31(22(3)4)40-14-13-38(34(40)44)18-25-20-48-23(5)35-25/h6-12,16,20-22,28-29,31,41H,13-15,17-19H2,1-5H3,(H,36,42)(H,37,43)/t28-,29-,31-/m0/s1. The lowest BCUT2D eigenvalue weighted by molar-refractivity contribution is -0.128. The number of thiazole rings is 1. The van der Waals surface area contributed by atoms with Gasteiger partial charge in [-0.1, -0.05) is 58.0 Å². The molecule has 0 unspecified atom stereocenters. The third-order valence-corrected chi connectivity index (χ3v) is 11.1. The van der Waals surface area contributed by atoms with Crippen molar-refractivity contribution in [3.8, 4) is 0 Å². The second-order valence-corrected chi connectivity index (χ2v) is 16.2. The van der Waals surface area contributed by atoms with Crippen LogP contribution in [0.1, 0.15) is 44.0 Å². The predicted molar refractivity (Wildman–Crippen MR) is 187 cm³/mol. The van der Waals surface area contributed by atoms with Crippen LogP contribution in [0.25, 0.3) is 11.1 Å². The molecule has 2 aromatic carbocycles. The number of nitrogens with one attached hydrogen (secondary N) is 2. The summed E-state index contributed by atoms with van der Waals surface area (Å²) in [6.07, 6.45) is -1.10. The zero-order valence-electron chi connectivity index (χ0n) is 28.3. The van der Waals surface area contributed by atoms with Crippen LogP contribution in [0.5, 0.6) is 0 Å². The molecule has 4 aromatic rings. The molecular weight excluding hydrogens is 669 g/mol. The molecule has 15 heteroatoms. The molecule has 2 aromatic heterocycles. The summed E-state index contributed by atoms with van der Waals surface area (Å²) in [7, 11) is -4.17. The Labute approximate surface area is 290 Å². The van der Waals surface area contributed by atoms with Crippen molar-refractivity contribution in [3.63, 3.8) is 0 Å². The minimum absolute atomic E-state index is 0.0891. The lowest BCUT2D eigenvalue weighted by Gasteiger charge is -2.34. The number of nitrogens with zero attached hydrogens (tertiary/aromatic N) is 4. The lowest BCUT2D eigenvalue weighted by Crippen LogP contribution is -2.57. The van der Waals surface area contributed by atoms with E-state index >= 15 is 0 Å². The zero-order valence-corrected chi connectivity index (χ0v) is 30.0. The van der Waals surface area contributed by atoms with Crippen molar-refractivity contribution in [2.75, 3.05) is 26.2 Å². The molecule has 3 N–H and O–H groups in total. The summed E-state index contributed by atoms with van der Waals surface area (Å²) in [5.74, 6) is -1.47. The summed E-state index contributed by atoms with van der Waals surface area (Å²) >= 11 is 1.52. The van der Waals surface area contributed by atoms with Crippen LogP contribution in [-0.4, -0.2) is 93.9 Å². The van der Waals surface area contributed by atoms with Crippen molar-refractivity contribution in [3.05, 3.63) is 80.7 Å². The van der Waals surface area contributed by atoms with Gasteiger partial charge >= 0.3 is 11.8 Å². The molecule has 0 radical (unpaired) electrons. The molecule has 1 aliphatic rings. The van der Waals surface area contributed by atoms with E-state index in [9.17, 15) is 27.9 Å². The first-order chi connectivity index (χ1) is 23.2. The van der Waals surface area contributed by atoms with Gasteiger partial charge in [-0.05, 0) is 42.9 Å². The maximum atomic E-state index is 14.1. The highest BCUT2D eigenvalue weighted by molar-refractivity contribution is 7.89. The first kappa shape index (κ1) is 36.2. The predicted octanol–water partition coefficient (Wildman–Crippen LogP) is 3.58. The van der Waals surface area contributed by atoms with Gasteiger partial charge < -0.3 is 24.6 Å². The van der Waals surface area contributed by atoms with Crippen LogP contribution >= 0.6 is 11.3 Å². The van der Waals surface area contributed by atoms with E-state index in [0.717, 1.165) is 16.3 Å². The molecule has 0 aliphatic carbocycles. The van der Waals surface area contributed by atoms with Gasteiger partial charge in [0.15, 0.2) is 5.58 Å². The molecule has 0 saturated carbocycles. The second kappa shape index (κ2) is 15.2. The number of urea groups is 1. The molecule has 264 valence electrons. The number of carbonyl (C=O) groups excluding carboxylic acids is 2. The van der Waals surface area contributed by atoms with Gasteiger partial charge in [-0.25, -0.2) is 23.0 Å². The largest absolute Gasteiger partial charge is 0.417 e. The van der Waals surface area contributed by atoms with E-state index in [2.05, 4.69) is 15.3 Å². The van der Waals surface area contributed by atoms with Crippen LogP contribution in [0, 0.1) is 18.8 Å². The fourth-order valence-electron chi connectivity index (χ4n) is 6.16. The van der Waals surface area contributed by atoms with Crippen molar-refractivity contribution < 1.29 is 27.5 Å². The highest BCUT2D eigenvalue weighted by Gasteiger charge is 2.40. The van der Waals surface area contributed by atoms with Crippen molar-refractivity contribution in [1.29, 1.82) is 0 Å². The van der Waals surface area contributed by atoms with E-state index in [1.54, 1.807) is 9.80 Å². The molecule has 3 amide bonds. The van der Waals surface area contributed by atoms with Gasteiger partial charge in [-0.3, -0.25) is 9.78 Å². The number of rotatable bonds is 15. The molecule has 1 aliphatic heterocycles. The van der Waals surface area contributed by atoms with E-state index in [1.807, 2.05) is 70.3 Å². The van der Waals surface area contributed by atoms with Gasteiger partial charge in [0.05, 0.1) is 39.8 Å². The molecule has 13 nitrogen and oxygen atoms in total. The minimum Gasteiger partial charge on any atom is -0.408 e. The molecule has 3 heterocycles. The summed E-state index contributed by atoms with van der Waals surface area (Å²) in [5.41, 5.74) is 2.10. The Bertz CT molecular complexity index is 1920. The van der Waals surface area contributed by atoms with E-state index in [1.165, 1.54) is 33.8 Å². The van der Waals surface area contributed by atoms with E-state index in [4.69, 9.17) is 4.42 Å². The summed E-state index contributed by atoms with van der Waals surface area (Å²) in [4.78, 5) is 49.5. The summed E-state index contributed by atoms with van der Waals surface area (Å²) < 4.78 is 34.2. The zero-order chi connectivity index (χ0) is 35.5. The number of carbonyl (C=O) groups is 2. The third-order valence-electron chi connectivity index (χ3n) is 8.46. The minimum atomic E-state index is -4.17. The molecule has 5 rings (SSSR count). The number of H-pyrrole nitrogens is 1. The van der Waals surface area contributed by atoms with Crippen molar-refractivity contribution in [1.82, 2.24) is 29.4 Å². The van der Waals surface area contributed by atoms with Crippen LogP contribution in [0.3, 0.4) is 0 Å². The average Bonchev–Trinajstić information content (AvgIpc) is 3.73. The number of aryl methyl sites for hydroxylation is 1. The van der Waals surface area contributed by atoms with Gasteiger partial charge in [0.2, 0.25) is 15.9 Å². The molecule has 1 saturated heterocycles. The van der Waals surface area contributed by atoms with Crippen LogP contribution in [0.15, 0.2) is 68.0 Å². The van der Waals surface area contributed by atoms with Gasteiger partial charge in [-0.15, -0.1) is 11.3 Å². The van der Waals surface area contributed by atoms with E-state index in [0.29, 0.717) is 25.2 Å². The number of oxazole rings is 1. The fraction of sp³-hybridized carbons (Fsp3) is 0.471. The number of benzene rings is 2. The van der Waals surface area contributed by atoms with Gasteiger partial charge in [0.1, 0.15) is 6.04 Å². The quantitative estimate of drug-likeness (QED) is 0.168.